The van der Waals surface area contributed by atoms with Crippen LogP contribution in [-0.4, -0.2) is 33.2 Å². The van der Waals surface area contributed by atoms with Crippen LogP contribution in [0.15, 0.2) is 36.4 Å². The predicted octanol–water partition coefficient (Wildman–Crippen LogP) is 2.04. The molecule has 6 nitrogen and oxygen atoms in total. The molecular formula is C18H20N4O2. The third kappa shape index (κ3) is 2.75. The molecule has 0 bridgehead atoms. The average Bonchev–Trinajstić information content (AvgIpc) is 2.97. The molecule has 2 heterocycles. The molecule has 2 aromatic rings. The molecule has 24 heavy (non-hydrogen) atoms. The zero-order chi connectivity index (χ0) is 17.3. The van der Waals surface area contributed by atoms with Crippen molar-refractivity contribution in [2.75, 3.05) is 6.54 Å². The Labute approximate surface area is 140 Å². The minimum atomic E-state index is -0.650. The fraction of sp³-hybridized carbons (Fsp3) is 0.333. The molecule has 2 N–H and O–H groups in total. The summed E-state index contributed by atoms with van der Waals surface area (Å²) in [5.74, 6) is -0.177. The summed E-state index contributed by atoms with van der Waals surface area (Å²) in [5, 5.41) is 0. The van der Waals surface area contributed by atoms with Crippen molar-refractivity contribution >= 4 is 11.8 Å². The quantitative estimate of drug-likeness (QED) is 0.935. The van der Waals surface area contributed by atoms with Gasteiger partial charge in [0.05, 0.1) is 0 Å². The second-order valence-electron chi connectivity index (χ2n) is 6.28. The largest absolute Gasteiger partial charge is 0.364 e. The molecule has 0 unspecified atom stereocenters. The fourth-order valence-corrected chi connectivity index (χ4v) is 3.19. The smallest absolute Gasteiger partial charge is 0.267 e. The zero-order valence-electron chi connectivity index (χ0n) is 13.8. The molecule has 6 heteroatoms. The first-order valence-corrected chi connectivity index (χ1v) is 7.95. The van der Waals surface area contributed by atoms with Crippen molar-refractivity contribution in [1.82, 2.24) is 14.9 Å². The van der Waals surface area contributed by atoms with Gasteiger partial charge < -0.3 is 10.6 Å². The number of primary amides is 1. The number of carbonyl (C=O) groups excluding carboxylic acids is 2. The lowest BCUT2D eigenvalue weighted by atomic mass is 9.96. The number of nitrogens with two attached hydrogens (primary N) is 1. The topological polar surface area (TPSA) is 89.2 Å². The Kier molecular flexibility index (Phi) is 4.05. The van der Waals surface area contributed by atoms with Crippen LogP contribution in [0.1, 0.15) is 52.1 Å². The van der Waals surface area contributed by atoms with Gasteiger partial charge >= 0.3 is 0 Å². The van der Waals surface area contributed by atoms with E-state index in [1.54, 1.807) is 30.0 Å². The SMILES string of the molecule is Cc1cc(C(N)=O)nc([C@]2(C)CCCN2C(=O)c2ccccc2)n1. The molecule has 2 amide bonds. The van der Waals surface area contributed by atoms with Gasteiger partial charge in [-0.05, 0) is 44.9 Å². The molecule has 124 valence electrons. The van der Waals surface area contributed by atoms with E-state index in [0.717, 1.165) is 12.8 Å². The lowest BCUT2D eigenvalue weighted by Crippen LogP contribution is -2.44. The Morgan fingerprint density at radius 1 is 1.21 bits per heavy atom. The highest BCUT2D eigenvalue weighted by molar-refractivity contribution is 5.95. The number of nitrogens with zero attached hydrogens (tertiary/aromatic N) is 3. The van der Waals surface area contributed by atoms with Gasteiger partial charge in [-0.1, -0.05) is 18.2 Å². The van der Waals surface area contributed by atoms with E-state index in [4.69, 9.17) is 5.73 Å². The molecular weight excluding hydrogens is 304 g/mol. The Morgan fingerprint density at radius 3 is 2.58 bits per heavy atom. The molecule has 1 aliphatic heterocycles. The Balaban J connectivity index is 2.02. The summed E-state index contributed by atoms with van der Waals surface area (Å²) >= 11 is 0. The number of hydrogen-bond acceptors (Lipinski definition) is 4. The standard InChI is InChI=1S/C18H20N4O2/c1-12-11-14(15(19)23)21-17(20-12)18(2)9-6-10-22(18)16(24)13-7-4-3-5-8-13/h3-5,7-8,11H,6,9-10H2,1-2H3,(H2,19,23)/t18-/m0/s1. The number of amides is 2. The molecule has 1 aliphatic rings. The van der Waals surface area contributed by atoms with Crippen molar-refractivity contribution in [3.8, 4) is 0 Å². The van der Waals surface area contributed by atoms with Gasteiger partial charge in [0.25, 0.3) is 11.8 Å². The number of rotatable bonds is 3. The van der Waals surface area contributed by atoms with Crippen LogP contribution in [0.5, 0.6) is 0 Å². The number of aromatic nitrogens is 2. The van der Waals surface area contributed by atoms with E-state index in [9.17, 15) is 9.59 Å². The first-order chi connectivity index (χ1) is 11.4. The van der Waals surface area contributed by atoms with Crippen molar-refractivity contribution < 1.29 is 9.59 Å². The van der Waals surface area contributed by atoms with Crippen LogP contribution >= 0.6 is 0 Å². The van der Waals surface area contributed by atoms with Crippen molar-refractivity contribution in [3.63, 3.8) is 0 Å². The van der Waals surface area contributed by atoms with Gasteiger partial charge in [0.1, 0.15) is 11.2 Å². The van der Waals surface area contributed by atoms with Crippen molar-refractivity contribution in [1.29, 1.82) is 0 Å². The van der Waals surface area contributed by atoms with Gasteiger partial charge in [0.15, 0.2) is 5.82 Å². The third-order valence-electron chi connectivity index (χ3n) is 4.50. The first kappa shape index (κ1) is 16.1. The molecule has 0 spiro atoms. The fourth-order valence-electron chi connectivity index (χ4n) is 3.19. The van der Waals surface area contributed by atoms with E-state index >= 15 is 0 Å². The summed E-state index contributed by atoms with van der Waals surface area (Å²) in [4.78, 5) is 35.0. The van der Waals surface area contributed by atoms with E-state index in [2.05, 4.69) is 9.97 Å². The molecule has 1 fully saturated rings. The van der Waals surface area contributed by atoms with Crippen LogP contribution in [-0.2, 0) is 5.54 Å². The molecule has 1 saturated heterocycles. The highest BCUT2D eigenvalue weighted by atomic mass is 16.2. The highest BCUT2D eigenvalue weighted by Gasteiger charge is 2.44. The number of aryl methyl sites for hydroxylation is 1. The molecule has 0 saturated carbocycles. The summed E-state index contributed by atoms with van der Waals surface area (Å²) in [7, 11) is 0. The molecule has 0 radical (unpaired) electrons. The van der Waals surface area contributed by atoms with Crippen LogP contribution in [0.4, 0.5) is 0 Å². The van der Waals surface area contributed by atoms with Crippen LogP contribution in [0.2, 0.25) is 0 Å². The van der Waals surface area contributed by atoms with Gasteiger partial charge in [-0.2, -0.15) is 0 Å². The summed E-state index contributed by atoms with van der Waals surface area (Å²) in [6, 6.07) is 10.7. The van der Waals surface area contributed by atoms with E-state index in [1.165, 1.54) is 0 Å². The monoisotopic (exact) mass is 324 g/mol. The van der Waals surface area contributed by atoms with Gasteiger partial charge in [0, 0.05) is 17.8 Å². The number of hydrogen-bond donors (Lipinski definition) is 1. The van der Waals surface area contributed by atoms with Crippen LogP contribution < -0.4 is 5.73 Å². The second-order valence-corrected chi connectivity index (χ2v) is 6.28. The maximum absolute atomic E-state index is 12.9. The third-order valence-corrected chi connectivity index (χ3v) is 4.50. The van der Waals surface area contributed by atoms with Crippen molar-refractivity contribution in [2.24, 2.45) is 5.73 Å². The van der Waals surface area contributed by atoms with E-state index in [0.29, 0.717) is 23.6 Å². The van der Waals surface area contributed by atoms with Crippen molar-refractivity contribution in [3.05, 3.63) is 59.2 Å². The van der Waals surface area contributed by atoms with E-state index in [-0.39, 0.29) is 11.6 Å². The predicted molar refractivity (Wildman–Crippen MR) is 89.4 cm³/mol. The first-order valence-electron chi connectivity index (χ1n) is 7.95. The number of carbonyl (C=O) groups is 2. The minimum absolute atomic E-state index is 0.0543. The second kappa shape index (κ2) is 6.03. The minimum Gasteiger partial charge on any atom is -0.364 e. The summed E-state index contributed by atoms with van der Waals surface area (Å²) < 4.78 is 0. The summed E-state index contributed by atoms with van der Waals surface area (Å²) in [5.41, 5.74) is 6.19. The van der Waals surface area contributed by atoms with Gasteiger partial charge in [-0.3, -0.25) is 9.59 Å². The van der Waals surface area contributed by atoms with Crippen LogP contribution in [0.3, 0.4) is 0 Å². The average molecular weight is 324 g/mol. The maximum atomic E-state index is 12.9. The Hall–Kier alpha value is -2.76. The Bertz CT molecular complexity index is 791. The highest BCUT2D eigenvalue weighted by Crippen LogP contribution is 2.37. The van der Waals surface area contributed by atoms with Gasteiger partial charge in [-0.15, -0.1) is 0 Å². The molecule has 3 rings (SSSR count). The number of benzene rings is 1. The maximum Gasteiger partial charge on any atom is 0.267 e. The molecule has 1 atom stereocenters. The Morgan fingerprint density at radius 2 is 1.92 bits per heavy atom. The molecule has 1 aromatic carbocycles. The zero-order valence-corrected chi connectivity index (χ0v) is 13.8. The lowest BCUT2D eigenvalue weighted by molar-refractivity contribution is 0.0603. The van der Waals surface area contributed by atoms with Gasteiger partial charge in [0.2, 0.25) is 0 Å². The summed E-state index contributed by atoms with van der Waals surface area (Å²) in [6.45, 7) is 4.37. The molecule has 1 aromatic heterocycles. The van der Waals surface area contributed by atoms with Crippen molar-refractivity contribution in [2.45, 2.75) is 32.2 Å². The van der Waals surface area contributed by atoms with E-state index in [1.807, 2.05) is 25.1 Å². The summed E-state index contributed by atoms with van der Waals surface area (Å²) in [6.07, 6.45) is 1.60. The van der Waals surface area contributed by atoms with Gasteiger partial charge in [-0.25, -0.2) is 9.97 Å². The van der Waals surface area contributed by atoms with Crippen LogP contribution in [0.25, 0.3) is 0 Å². The lowest BCUT2D eigenvalue weighted by Gasteiger charge is -2.34. The van der Waals surface area contributed by atoms with Crippen LogP contribution in [0, 0.1) is 6.92 Å². The number of likely N-dealkylation sites (tertiary alicyclic amines) is 1. The molecule has 0 aliphatic carbocycles. The van der Waals surface area contributed by atoms with E-state index < -0.39 is 11.4 Å². The normalized spacial score (nSPS) is 20.2.